The number of rotatable bonds is 5. The first kappa shape index (κ1) is 14.2. The molecule has 0 amide bonds. The predicted octanol–water partition coefficient (Wildman–Crippen LogP) is 1.92. The molecule has 1 fully saturated rings. The second-order valence-electron chi connectivity index (χ2n) is 5.62. The summed E-state index contributed by atoms with van der Waals surface area (Å²) in [5.74, 6) is 0.873. The minimum atomic E-state index is -0.0428. The monoisotopic (exact) mass is 263 g/mol. The van der Waals surface area contributed by atoms with Crippen molar-refractivity contribution in [2.75, 3.05) is 32.1 Å². The minimum absolute atomic E-state index is 0.0428. The van der Waals surface area contributed by atoms with Crippen LogP contribution in [0.15, 0.2) is 24.3 Å². The SMILES string of the molecule is COc1ccccc1NC1(CN)CCN(C(C)C)C1. The molecule has 1 unspecified atom stereocenters. The largest absolute Gasteiger partial charge is 0.495 e. The van der Waals surface area contributed by atoms with Crippen molar-refractivity contribution in [1.29, 1.82) is 0 Å². The number of hydrogen-bond acceptors (Lipinski definition) is 4. The summed E-state index contributed by atoms with van der Waals surface area (Å²) in [7, 11) is 1.70. The van der Waals surface area contributed by atoms with Crippen molar-refractivity contribution in [2.24, 2.45) is 5.73 Å². The van der Waals surface area contributed by atoms with Gasteiger partial charge in [0.05, 0.1) is 18.3 Å². The van der Waals surface area contributed by atoms with Crippen LogP contribution in [-0.4, -0.2) is 43.2 Å². The van der Waals surface area contributed by atoms with Crippen molar-refractivity contribution < 1.29 is 4.74 Å². The zero-order chi connectivity index (χ0) is 13.9. The summed E-state index contributed by atoms with van der Waals surface area (Å²) in [5.41, 5.74) is 7.03. The van der Waals surface area contributed by atoms with Crippen LogP contribution >= 0.6 is 0 Å². The third-order valence-corrected chi connectivity index (χ3v) is 4.01. The van der Waals surface area contributed by atoms with Crippen LogP contribution < -0.4 is 15.8 Å². The predicted molar refractivity (Wildman–Crippen MR) is 79.7 cm³/mol. The Morgan fingerprint density at radius 1 is 1.42 bits per heavy atom. The summed E-state index contributed by atoms with van der Waals surface area (Å²) >= 11 is 0. The van der Waals surface area contributed by atoms with Gasteiger partial charge >= 0.3 is 0 Å². The Kier molecular flexibility index (Phi) is 4.32. The van der Waals surface area contributed by atoms with Gasteiger partial charge in [0.1, 0.15) is 5.75 Å². The molecule has 0 aromatic heterocycles. The summed E-state index contributed by atoms with van der Waals surface area (Å²) in [6, 6.07) is 8.59. The fourth-order valence-electron chi connectivity index (χ4n) is 2.70. The van der Waals surface area contributed by atoms with E-state index in [9.17, 15) is 0 Å². The van der Waals surface area contributed by atoms with Crippen molar-refractivity contribution in [3.63, 3.8) is 0 Å². The maximum atomic E-state index is 6.04. The molecular formula is C15H25N3O. The fourth-order valence-corrected chi connectivity index (χ4v) is 2.70. The van der Waals surface area contributed by atoms with Crippen molar-refractivity contribution in [2.45, 2.75) is 31.8 Å². The Morgan fingerprint density at radius 3 is 2.74 bits per heavy atom. The van der Waals surface area contributed by atoms with Gasteiger partial charge in [0, 0.05) is 25.7 Å². The standard InChI is InChI=1S/C15H25N3O/c1-12(2)18-9-8-15(10-16,11-18)17-13-6-4-5-7-14(13)19-3/h4-7,12,17H,8-11,16H2,1-3H3. The molecule has 1 aromatic rings. The van der Waals surface area contributed by atoms with Gasteiger partial charge in [0.15, 0.2) is 0 Å². The molecule has 1 saturated heterocycles. The first-order valence-electron chi connectivity index (χ1n) is 6.95. The summed E-state index contributed by atoms with van der Waals surface area (Å²) in [5, 5.41) is 3.62. The van der Waals surface area contributed by atoms with E-state index in [2.05, 4.69) is 24.1 Å². The number of nitrogens with one attached hydrogen (secondary N) is 1. The normalized spacial score (nSPS) is 23.8. The number of anilines is 1. The van der Waals surface area contributed by atoms with E-state index in [1.807, 2.05) is 24.3 Å². The molecule has 3 N–H and O–H groups in total. The molecule has 4 nitrogen and oxygen atoms in total. The van der Waals surface area contributed by atoms with Crippen LogP contribution in [0.3, 0.4) is 0 Å². The molecule has 0 aliphatic carbocycles. The molecule has 1 aromatic carbocycles. The Morgan fingerprint density at radius 2 is 2.16 bits per heavy atom. The van der Waals surface area contributed by atoms with Gasteiger partial charge in [-0.3, -0.25) is 4.90 Å². The van der Waals surface area contributed by atoms with E-state index in [0.717, 1.165) is 30.9 Å². The van der Waals surface area contributed by atoms with Crippen LogP contribution in [0, 0.1) is 0 Å². The Hall–Kier alpha value is -1.26. The van der Waals surface area contributed by atoms with E-state index >= 15 is 0 Å². The summed E-state index contributed by atoms with van der Waals surface area (Å²) in [4.78, 5) is 2.47. The number of hydrogen-bond donors (Lipinski definition) is 2. The number of para-hydroxylation sites is 2. The fraction of sp³-hybridized carbons (Fsp3) is 0.600. The molecule has 1 heterocycles. The first-order chi connectivity index (χ1) is 9.10. The topological polar surface area (TPSA) is 50.5 Å². The van der Waals surface area contributed by atoms with E-state index < -0.39 is 0 Å². The molecule has 1 aliphatic heterocycles. The van der Waals surface area contributed by atoms with Crippen LogP contribution in [0.5, 0.6) is 5.75 Å². The number of likely N-dealkylation sites (tertiary alicyclic amines) is 1. The second kappa shape index (κ2) is 5.80. The molecule has 1 aliphatic rings. The highest BCUT2D eigenvalue weighted by atomic mass is 16.5. The molecule has 19 heavy (non-hydrogen) atoms. The number of methoxy groups -OCH3 is 1. The van der Waals surface area contributed by atoms with Crippen molar-refractivity contribution in [3.05, 3.63) is 24.3 Å². The summed E-state index contributed by atoms with van der Waals surface area (Å²) < 4.78 is 5.40. The number of ether oxygens (including phenoxy) is 1. The number of nitrogens with two attached hydrogens (primary N) is 1. The van der Waals surface area contributed by atoms with Crippen molar-refractivity contribution in [3.8, 4) is 5.75 Å². The average molecular weight is 263 g/mol. The van der Waals surface area contributed by atoms with E-state index in [1.165, 1.54) is 0 Å². The lowest BCUT2D eigenvalue weighted by atomic mass is 9.98. The first-order valence-corrected chi connectivity index (χ1v) is 6.95. The molecule has 0 spiro atoms. The highest BCUT2D eigenvalue weighted by Crippen LogP contribution is 2.31. The molecule has 0 bridgehead atoms. The van der Waals surface area contributed by atoms with Crippen molar-refractivity contribution in [1.82, 2.24) is 4.90 Å². The molecule has 0 saturated carbocycles. The zero-order valence-electron chi connectivity index (χ0n) is 12.1. The lowest BCUT2D eigenvalue weighted by molar-refractivity contribution is 0.262. The van der Waals surface area contributed by atoms with E-state index in [4.69, 9.17) is 10.5 Å². The van der Waals surface area contributed by atoms with Crippen LogP contribution in [0.2, 0.25) is 0 Å². The van der Waals surface area contributed by atoms with Crippen LogP contribution in [0.25, 0.3) is 0 Å². The quantitative estimate of drug-likeness (QED) is 0.852. The Balaban J connectivity index is 2.15. The lowest BCUT2D eigenvalue weighted by Crippen LogP contribution is -2.48. The number of nitrogens with zero attached hydrogens (tertiary/aromatic N) is 1. The van der Waals surface area contributed by atoms with Gasteiger partial charge in [0.25, 0.3) is 0 Å². The lowest BCUT2D eigenvalue weighted by Gasteiger charge is -2.32. The number of benzene rings is 1. The highest BCUT2D eigenvalue weighted by Gasteiger charge is 2.38. The Labute approximate surface area is 115 Å². The maximum Gasteiger partial charge on any atom is 0.141 e. The zero-order valence-corrected chi connectivity index (χ0v) is 12.1. The molecule has 106 valence electrons. The van der Waals surface area contributed by atoms with Crippen LogP contribution in [-0.2, 0) is 0 Å². The van der Waals surface area contributed by atoms with Gasteiger partial charge in [-0.25, -0.2) is 0 Å². The van der Waals surface area contributed by atoms with E-state index in [-0.39, 0.29) is 5.54 Å². The molecule has 1 atom stereocenters. The van der Waals surface area contributed by atoms with E-state index in [1.54, 1.807) is 7.11 Å². The Bertz CT molecular complexity index is 422. The van der Waals surface area contributed by atoms with Crippen LogP contribution in [0.4, 0.5) is 5.69 Å². The van der Waals surface area contributed by atoms with Gasteiger partial charge in [-0.05, 0) is 32.4 Å². The van der Waals surface area contributed by atoms with E-state index in [0.29, 0.717) is 12.6 Å². The van der Waals surface area contributed by atoms with Gasteiger partial charge in [-0.1, -0.05) is 12.1 Å². The average Bonchev–Trinajstić information content (AvgIpc) is 2.84. The van der Waals surface area contributed by atoms with Gasteiger partial charge in [-0.2, -0.15) is 0 Å². The minimum Gasteiger partial charge on any atom is -0.495 e. The van der Waals surface area contributed by atoms with Crippen molar-refractivity contribution >= 4 is 5.69 Å². The highest BCUT2D eigenvalue weighted by molar-refractivity contribution is 5.58. The van der Waals surface area contributed by atoms with Gasteiger partial charge < -0.3 is 15.8 Å². The third-order valence-electron chi connectivity index (χ3n) is 4.01. The smallest absolute Gasteiger partial charge is 0.141 e. The van der Waals surface area contributed by atoms with Crippen LogP contribution in [0.1, 0.15) is 20.3 Å². The molecule has 0 radical (unpaired) electrons. The summed E-state index contributed by atoms with van der Waals surface area (Å²) in [6.45, 7) is 7.18. The van der Waals surface area contributed by atoms with Gasteiger partial charge in [0.2, 0.25) is 0 Å². The molecule has 2 rings (SSSR count). The summed E-state index contributed by atoms with van der Waals surface area (Å²) in [6.07, 6.45) is 1.07. The third kappa shape index (κ3) is 3.01. The second-order valence-corrected chi connectivity index (χ2v) is 5.62. The maximum absolute atomic E-state index is 6.04. The van der Waals surface area contributed by atoms with Gasteiger partial charge in [-0.15, -0.1) is 0 Å². The molecular weight excluding hydrogens is 238 g/mol. The molecule has 4 heteroatoms.